The van der Waals surface area contributed by atoms with Crippen molar-refractivity contribution >= 4 is 8.07 Å². The van der Waals surface area contributed by atoms with Gasteiger partial charge in [0.1, 0.15) is 0 Å². The molecule has 0 aromatic carbocycles. The van der Waals surface area contributed by atoms with Crippen LogP contribution in [-0.4, -0.2) is 13.0 Å². The highest BCUT2D eigenvalue weighted by Gasteiger charge is 2.34. The van der Waals surface area contributed by atoms with Crippen LogP contribution in [0.3, 0.4) is 0 Å². The first kappa shape index (κ1) is 18.4. The number of hydrogen-bond donors (Lipinski definition) is 0. The van der Waals surface area contributed by atoms with Crippen molar-refractivity contribution in [2.24, 2.45) is 17.8 Å². The number of rotatable bonds is 9. The predicted molar refractivity (Wildman–Crippen MR) is 85.6 cm³/mol. The molecule has 0 aliphatic carbocycles. The molecule has 0 aromatic rings. The molecule has 112 valence electrons. The van der Waals surface area contributed by atoms with E-state index in [1.165, 1.54) is 18.1 Å². The zero-order valence-electron chi connectivity index (χ0n) is 13.5. The third kappa shape index (κ3) is 8.97. The van der Waals surface area contributed by atoms with E-state index in [1.54, 1.807) is 0 Å². The molecule has 0 amide bonds. The summed E-state index contributed by atoms with van der Waals surface area (Å²) in [5, 5.41) is 10.5. The minimum atomic E-state index is -1.44. The summed E-state index contributed by atoms with van der Waals surface area (Å²) in [6.07, 6.45) is 2.96. The van der Waals surface area contributed by atoms with Crippen LogP contribution in [0.15, 0.2) is 12.3 Å². The normalized spacial score (nSPS) is 13.1. The second-order valence-corrected chi connectivity index (χ2v) is 11.8. The van der Waals surface area contributed by atoms with Gasteiger partial charge in [0, 0.05) is 0 Å². The monoisotopic (exact) mass is 285 g/mol. The van der Waals surface area contributed by atoms with Crippen molar-refractivity contribution in [3.63, 3.8) is 0 Å². The summed E-state index contributed by atoms with van der Waals surface area (Å²) >= 11 is 0. The Hall–Kier alpha value is -0.643. The Morgan fingerprint density at radius 1 is 0.947 bits per heavy atom. The second-order valence-electron chi connectivity index (χ2n) is 7.17. The first-order chi connectivity index (χ1) is 8.67. The van der Waals surface area contributed by atoms with E-state index in [2.05, 4.69) is 41.5 Å². The summed E-state index contributed by atoms with van der Waals surface area (Å²) in [6.45, 7) is 13.7. The van der Waals surface area contributed by atoms with E-state index in [9.17, 15) is 10.1 Å². The van der Waals surface area contributed by atoms with Gasteiger partial charge in [0.25, 0.3) is 0 Å². The smallest absolute Gasteiger partial charge is 0.230 e. The summed E-state index contributed by atoms with van der Waals surface area (Å²) in [4.78, 5) is 10.2. The summed E-state index contributed by atoms with van der Waals surface area (Å²) in [5.41, 5.74) is 0. The minimum absolute atomic E-state index is 0.334. The summed E-state index contributed by atoms with van der Waals surface area (Å²) in [6, 6.07) is 4.81. The van der Waals surface area contributed by atoms with Crippen molar-refractivity contribution in [2.75, 3.05) is 0 Å². The molecule has 0 aliphatic rings. The van der Waals surface area contributed by atoms with Crippen LogP contribution in [0.25, 0.3) is 0 Å². The molecule has 0 rings (SSSR count). The first-order valence-corrected chi connectivity index (χ1v) is 10.3. The van der Waals surface area contributed by atoms with Crippen LogP contribution in [0.5, 0.6) is 0 Å². The van der Waals surface area contributed by atoms with Crippen LogP contribution in [-0.2, 0) is 0 Å². The topological polar surface area (TPSA) is 43.1 Å². The van der Waals surface area contributed by atoms with Gasteiger partial charge in [-0.3, -0.25) is 10.1 Å². The molecule has 0 aromatic heterocycles. The average molecular weight is 286 g/mol. The van der Waals surface area contributed by atoms with Crippen LogP contribution in [0.2, 0.25) is 24.2 Å². The number of nitrogens with zero attached hydrogens (tertiary/aromatic N) is 1. The lowest BCUT2D eigenvalue weighted by atomic mass is 10.2. The Morgan fingerprint density at radius 2 is 1.32 bits per heavy atom. The molecule has 3 nitrogen and oxygen atoms in total. The van der Waals surface area contributed by atoms with Gasteiger partial charge < -0.3 is 0 Å². The Morgan fingerprint density at radius 3 is 1.58 bits per heavy atom. The van der Waals surface area contributed by atoms with Gasteiger partial charge in [-0.1, -0.05) is 59.7 Å². The Labute approximate surface area is 119 Å². The minimum Gasteiger partial charge on any atom is -0.259 e. The van der Waals surface area contributed by atoms with E-state index in [4.69, 9.17) is 0 Å². The van der Waals surface area contributed by atoms with Crippen molar-refractivity contribution in [1.82, 2.24) is 0 Å². The fourth-order valence-electron chi connectivity index (χ4n) is 3.49. The largest absolute Gasteiger partial charge is 0.259 e. The van der Waals surface area contributed by atoms with Crippen molar-refractivity contribution < 1.29 is 4.92 Å². The Kier molecular flexibility index (Phi) is 8.22. The fraction of sp³-hybridized carbons (Fsp3) is 0.867. The quantitative estimate of drug-likeness (QED) is 0.332. The van der Waals surface area contributed by atoms with Gasteiger partial charge in [-0.05, 0) is 29.9 Å². The van der Waals surface area contributed by atoms with Gasteiger partial charge in [-0.2, -0.15) is 0 Å². The third-order valence-electron chi connectivity index (χ3n) is 3.30. The van der Waals surface area contributed by atoms with E-state index < -0.39 is 8.07 Å². The van der Waals surface area contributed by atoms with E-state index >= 15 is 0 Å². The fourth-order valence-corrected chi connectivity index (χ4v) is 10.3. The van der Waals surface area contributed by atoms with Crippen LogP contribution >= 0.6 is 0 Å². The van der Waals surface area contributed by atoms with Crippen molar-refractivity contribution in [2.45, 2.75) is 65.7 Å². The van der Waals surface area contributed by atoms with Crippen LogP contribution in [0.4, 0.5) is 0 Å². The highest BCUT2D eigenvalue weighted by molar-refractivity contribution is 6.80. The molecule has 0 saturated heterocycles. The molecule has 0 N–H and O–H groups in total. The maximum absolute atomic E-state index is 10.5. The summed E-state index contributed by atoms with van der Waals surface area (Å²) < 4.78 is 0. The molecule has 0 fully saturated rings. The van der Waals surface area contributed by atoms with Gasteiger partial charge in [0.05, 0.1) is 13.0 Å². The molecule has 0 heterocycles. The summed E-state index contributed by atoms with van der Waals surface area (Å²) in [5.74, 6) is 2.06. The highest BCUT2D eigenvalue weighted by Crippen LogP contribution is 2.35. The maximum atomic E-state index is 10.5. The van der Waals surface area contributed by atoms with Crippen molar-refractivity contribution in [3.05, 3.63) is 22.4 Å². The van der Waals surface area contributed by atoms with E-state index in [1.807, 2.05) is 6.08 Å². The molecular formula is C15H31NO2Si. The van der Waals surface area contributed by atoms with Crippen molar-refractivity contribution in [1.29, 1.82) is 0 Å². The zero-order valence-corrected chi connectivity index (χ0v) is 14.5. The van der Waals surface area contributed by atoms with E-state index in [-0.39, 0.29) is 4.92 Å². The maximum Gasteiger partial charge on any atom is 0.230 e. The van der Waals surface area contributed by atoms with Crippen molar-refractivity contribution in [3.8, 4) is 0 Å². The second kappa shape index (κ2) is 8.51. The standard InChI is InChI=1S/C15H31NO2Si/c1-13(2)10-19(11-14(3)4,12-15(5)6)9-7-8-16(17)18/h7-8,13-15H,9-12H2,1-6H3/b8-7+. The molecule has 0 radical (unpaired) electrons. The first-order valence-electron chi connectivity index (χ1n) is 7.47. The number of hydrogen-bond acceptors (Lipinski definition) is 2. The average Bonchev–Trinajstić information content (AvgIpc) is 2.12. The van der Waals surface area contributed by atoms with Gasteiger partial charge in [0.2, 0.25) is 6.20 Å². The molecule has 0 aliphatic heterocycles. The van der Waals surface area contributed by atoms with Gasteiger partial charge in [0.15, 0.2) is 0 Å². The number of allylic oxidation sites excluding steroid dienone is 1. The summed E-state index contributed by atoms with van der Waals surface area (Å²) in [7, 11) is -1.44. The zero-order chi connectivity index (χ0) is 15.1. The lowest BCUT2D eigenvalue weighted by Crippen LogP contribution is -2.38. The molecule has 19 heavy (non-hydrogen) atoms. The lowest BCUT2D eigenvalue weighted by Gasteiger charge is -2.35. The van der Waals surface area contributed by atoms with Crippen LogP contribution in [0.1, 0.15) is 41.5 Å². The molecule has 0 atom stereocenters. The van der Waals surface area contributed by atoms with E-state index in [0.717, 1.165) is 12.2 Å². The predicted octanol–water partition coefficient (Wildman–Crippen LogP) is 5.19. The SMILES string of the molecule is CC(C)C[Si](C/C=C/[N+](=O)[O-])(CC(C)C)CC(C)C. The molecule has 0 spiro atoms. The van der Waals surface area contributed by atoms with Crippen LogP contribution in [0, 0.1) is 27.9 Å². The molecule has 0 saturated carbocycles. The third-order valence-corrected chi connectivity index (χ3v) is 9.45. The molecule has 0 bridgehead atoms. The molecular weight excluding hydrogens is 254 g/mol. The Balaban J connectivity index is 5.03. The van der Waals surface area contributed by atoms with Gasteiger partial charge in [-0.25, -0.2) is 0 Å². The lowest BCUT2D eigenvalue weighted by molar-refractivity contribution is -0.402. The molecule has 4 heteroatoms. The van der Waals surface area contributed by atoms with Gasteiger partial charge in [-0.15, -0.1) is 0 Å². The highest BCUT2D eigenvalue weighted by atomic mass is 28.3. The Bertz CT molecular complexity index is 272. The number of nitro groups is 1. The van der Waals surface area contributed by atoms with Crippen LogP contribution < -0.4 is 0 Å². The van der Waals surface area contributed by atoms with E-state index in [0.29, 0.717) is 17.8 Å². The van der Waals surface area contributed by atoms with Gasteiger partial charge >= 0.3 is 0 Å². The molecule has 0 unspecified atom stereocenters.